The van der Waals surface area contributed by atoms with Gasteiger partial charge >= 0.3 is 0 Å². The van der Waals surface area contributed by atoms with Crippen LogP contribution in [0.1, 0.15) is 41.6 Å². The van der Waals surface area contributed by atoms with E-state index in [1.165, 1.54) is 29.6 Å². The molecule has 31 heavy (non-hydrogen) atoms. The molecule has 1 aliphatic rings. The molecule has 0 aliphatic carbocycles. The minimum atomic E-state index is -3.68. The Morgan fingerprint density at radius 2 is 1.68 bits per heavy atom. The first-order chi connectivity index (χ1) is 14.9. The highest BCUT2D eigenvalue weighted by atomic mass is 35.5. The molecule has 0 spiro atoms. The van der Waals surface area contributed by atoms with Crippen LogP contribution in [0.5, 0.6) is 11.5 Å². The Labute approximate surface area is 188 Å². The molecule has 0 bridgehead atoms. The van der Waals surface area contributed by atoms with Crippen LogP contribution in [0.25, 0.3) is 0 Å². The molecular formula is C22H27ClN2O5S. The molecule has 1 aliphatic heterocycles. The first-order valence-corrected chi connectivity index (χ1v) is 12.0. The van der Waals surface area contributed by atoms with Gasteiger partial charge in [0.25, 0.3) is 5.91 Å². The maximum absolute atomic E-state index is 13.1. The molecule has 1 N–H and O–H groups in total. The Balaban J connectivity index is 1.77. The van der Waals surface area contributed by atoms with E-state index in [0.29, 0.717) is 24.6 Å². The molecule has 0 aromatic heterocycles. The highest BCUT2D eigenvalue weighted by Crippen LogP contribution is 2.28. The normalized spacial score (nSPS) is 15.2. The van der Waals surface area contributed by atoms with Crippen molar-refractivity contribution in [1.82, 2.24) is 9.62 Å². The fraction of sp³-hybridized carbons (Fsp3) is 0.409. The number of carbonyl (C=O) groups is 1. The molecule has 0 atom stereocenters. The molecule has 168 valence electrons. The van der Waals surface area contributed by atoms with Crippen molar-refractivity contribution in [1.29, 1.82) is 0 Å². The predicted octanol–water partition coefficient (Wildman–Crippen LogP) is 3.85. The molecule has 1 fully saturated rings. The van der Waals surface area contributed by atoms with E-state index in [4.69, 9.17) is 21.1 Å². The number of carbonyl (C=O) groups excluding carboxylic acids is 1. The number of benzene rings is 2. The van der Waals surface area contributed by atoms with Gasteiger partial charge in [0.15, 0.2) is 11.5 Å². The summed E-state index contributed by atoms with van der Waals surface area (Å²) in [6.45, 7) is 1.20. The fourth-order valence-electron chi connectivity index (χ4n) is 3.54. The monoisotopic (exact) mass is 466 g/mol. The number of nitrogens with one attached hydrogen (secondary N) is 1. The van der Waals surface area contributed by atoms with Crippen molar-refractivity contribution in [3.8, 4) is 11.5 Å². The number of amides is 1. The van der Waals surface area contributed by atoms with Crippen molar-refractivity contribution in [2.75, 3.05) is 27.3 Å². The highest BCUT2D eigenvalue weighted by Gasteiger charge is 2.26. The fourth-order valence-corrected chi connectivity index (χ4v) is 5.29. The van der Waals surface area contributed by atoms with Gasteiger partial charge < -0.3 is 14.8 Å². The van der Waals surface area contributed by atoms with Crippen LogP contribution in [0.15, 0.2) is 41.3 Å². The van der Waals surface area contributed by atoms with Gasteiger partial charge in [-0.3, -0.25) is 4.79 Å². The van der Waals surface area contributed by atoms with Gasteiger partial charge in [-0.05, 0) is 48.7 Å². The topological polar surface area (TPSA) is 84.9 Å². The summed E-state index contributed by atoms with van der Waals surface area (Å²) >= 11 is 6.22. The molecule has 0 saturated carbocycles. The second kappa shape index (κ2) is 10.3. The van der Waals surface area contributed by atoms with E-state index in [9.17, 15) is 13.2 Å². The van der Waals surface area contributed by atoms with Crippen molar-refractivity contribution < 1.29 is 22.7 Å². The first-order valence-electron chi connectivity index (χ1n) is 10.2. The average molecular weight is 467 g/mol. The summed E-state index contributed by atoms with van der Waals surface area (Å²) in [6, 6.07) is 9.59. The molecule has 2 aromatic carbocycles. The lowest BCUT2D eigenvalue weighted by molar-refractivity contribution is 0.0951. The summed E-state index contributed by atoms with van der Waals surface area (Å²) in [5, 5.41) is 2.98. The van der Waals surface area contributed by atoms with E-state index in [1.54, 1.807) is 19.2 Å². The van der Waals surface area contributed by atoms with Crippen molar-refractivity contribution >= 4 is 27.5 Å². The van der Waals surface area contributed by atoms with Crippen LogP contribution in [0.3, 0.4) is 0 Å². The number of nitrogens with zero attached hydrogens (tertiary/aromatic N) is 1. The molecule has 1 amide bonds. The zero-order chi connectivity index (χ0) is 22.4. The zero-order valence-electron chi connectivity index (χ0n) is 17.7. The van der Waals surface area contributed by atoms with E-state index in [1.807, 2.05) is 6.07 Å². The van der Waals surface area contributed by atoms with Gasteiger partial charge in [0, 0.05) is 19.6 Å². The third kappa shape index (κ3) is 5.50. The second-order valence-electron chi connectivity index (χ2n) is 7.33. The quantitative estimate of drug-likeness (QED) is 0.669. The molecule has 0 radical (unpaired) electrons. The van der Waals surface area contributed by atoms with Crippen molar-refractivity contribution in [3.05, 3.63) is 52.5 Å². The SMILES string of the molecule is COc1ccc(CNC(=O)c2cc(S(=O)(=O)N3CCCCCC3)ccc2Cl)cc1OC. The van der Waals surface area contributed by atoms with Crippen molar-refractivity contribution in [3.63, 3.8) is 0 Å². The van der Waals surface area contributed by atoms with Gasteiger partial charge in [-0.25, -0.2) is 8.42 Å². The molecular weight excluding hydrogens is 440 g/mol. The van der Waals surface area contributed by atoms with Gasteiger partial charge in [-0.15, -0.1) is 0 Å². The van der Waals surface area contributed by atoms with Crippen LogP contribution in [-0.4, -0.2) is 45.9 Å². The van der Waals surface area contributed by atoms with Crippen molar-refractivity contribution in [2.24, 2.45) is 0 Å². The Morgan fingerprint density at radius 1 is 1.00 bits per heavy atom. The van der Waals surface area contributed by atoms with Crippen LogP contribution in [-0.2, 0) is 16.6 Å². The molecule has 7 nitrogen and oxygen atoms in total. The summed E-state index contributed by atoms with van der Waals surface area (Å²) < 4.78 is 38.1. The lowest BCUT2D eigenvalue weighted by Crippen LogP contribution is -2.32. The Hall–Kier alpha value is -2.29. The number of halogens is 1. The summed E-state index contributed by atoms with van der Waals surface area (Å²) in [4.78, 5) is 12.8. The van der Waals surface area contributed by atoms with Crippen molar-refractivity contribution in [2.45, 2.75) is 37.1 Å². The zero-order valence-corrected chi connectivity index (χ0v) is 19.3. The smallest absolute Gasteiger partial charge is 0.253 e. The van der Waals surface area contributed by atoms with E-state index in [0.717, 1.165) is 31.2 Å². The molecule has 1 heterocycles. The minimum absolute atomic E-state index is 0.0788. The minimum Gasteiger partial charge on any atom is -0.493 e. The van der Waals surface area contributed by atoms with Crippen LogP contribution in [0, 0.1) is 0 Å². The van der Waals surface area contributed by atoms with Crippen LogP contribution in [0.4, 0.5) is 0 Å². The third-order valence-corrected chi connectivity index (χ3v) is 7.51. The Morgan fingerprint density at radius 3 is 2.32 bits per heavy atom. The van der Waals surface area contributed by atoms with Gasteiger partial charge in [0.2, 0.25) is 10.0 Å². The van der Waals surface area contributed by atoms with Gasteiger partial charge in [0.1, 0.15) is 0 Å². The lowest BCUT2D eigenvalue weighted by Gasteiger charge is -2.20. The lowest BCUT2D eigenvalue weighted by atomic mass is 10.1. The first kappa shape index (κ1) is 23.4. The number of sulfonamides is 1. The maximum atomic E-state index is 13.1. The van der Waals surface area contributed by atoms with E-state index in [2.05, 4.69) is 5.32 Å². The second-order valence-corrected chi connectivity index (χ2v) is 9.68. The van der Waals surface area contributed by atoms with Crippen LogP contribution >= 0.6 is 11.6 Å². The van der Waals surface area contributed by atoms with Crippen LogP contribution < -0.4 is 14.8 Å². The van der Waals surface area contributed by atoms with E-state index < -0.39 is 15.9 Å². The standard InChI is InChI=1S/C22H27ClN2O5S/c1-29-20-10-7-16(13-21(20)30-2)15-24-22(26)18-14-17(8-9-19(18)23)31(27,28)25-11-5-3-4-6-12-25/h7-10,13-14H,3-6,11-12,15H2,1-2H3,(H,24,26). The van der Waals surface area contributed by atoms with Gasteiger partial charge in [-0.2, -0.15) is 4.31 Å². The summed E-state index contributed by atoms with van der Waals surface area (Å²) in [5.74, 6) is 0.692. The summed E-state index contributed by atoms with van der Waals surface area (Å²) in [6.07, 6.45) is 3.73. The third-order valence-electron chi connectivity index (χ3n) is 5.29. The summed E-state index contributed by atoms with van der Waals surface area (Å²) in [5.41, 5.74) is 0.925. The number of methoxy groups -OCH3 is 2. The van der Waals surface area contributed by atoms with Gasteiger partial charge in [0.05, 0.1) is 29.7 Å². The molecule has 0 unspecified atom stereocenters. The number of rotatable bonds is 7. The summed E-state index contributed by atoms with van der Waals surface area (Å²) in [7, 11) is -0.590. The molecule has 1 saturated heterocycles. The van der Waals surface area contributed by atoms with Crippen LogP contribution in [0.2, 0.25) is 5.02 Å². The largest absolute Gasteiger partial charge is 0.493 e. The molecule has 9 heteroatoms. The van der Waals surface area contributed by atoms with E-state index >= 15 is 0 Å². The predicted molar refractivity (Wildman–Crippen MR) is 119 cm³/mol. The maximum Gasteiger partial charge on any atom is 0.253 e. The van der Waals surface area contributed by atoms with E-state index in [-0.39, 0.29) is 22.0 Å². The number of hydrogen-bond donors (Lipinski definition) is 1. The van der Waals surface area contributed by atoms with Gasteiger partial charge in [-0.1, -0.05) is 30.5 Å². The average Bonchev–Trinajstić information content (AvgIpc) is 3.07. The number of hydrogen-bond acceptors (Lipinski definition) is 5. The Kier molecular flexibility index (Phi) is 7.80. The Bertz CT molecular complexity index is 1030. The molecule has 2 aromatic rings. The highest BCUT2D eigenvalue weighted by molar-refractivity contribution is 7.89. The number of ether oxygens (including phenoxy) is 2. The molecule has 3 rings (SSSR count).